The number of benzene rings is 1. The predicted molar refractivity (Wildman–Crippen MR) is 59.7 cm³/mol. The van der Waals surface area contributed by atoms with Crippen LogP contribution in [0.25, 0.3) is 0 Å². The Hall–Kier alpha value is -1.98. The van der Waals surface area contributed by atoms with Crippen LogP contribution >= 0.6 is 0 Å². The molecular weight excluding hydrogens is 230 g/mol. The number of hydrogen-bond acceptors (Lipinski definition) is 4. The molecule has 1 N–H and O–H groups in total. The quantitative estimate of drug-likeness (QED) is 0.500. The Balaban J connectivity index is 2.71. The van der Waals surface area contributed by atoms with E-state index in [1.165, 1.54) is 6.92 Å². The minimum Gasteiger partial charge on any atom is -0.461 e. The van der Waals surface area contributed by atoms with Gasteiger partial charge in [-0.2, -0.15) is 5.10 Å². The van der Waals surface area contributed by atoms with E-state index < -0.39 is 17.6 Å². The van der Waals surface area contributed by atoms with Crippen molar-refractivity contribution < 1.29 is 18.3 Å². The third kappa shape index (κ3) is 4.18. The molecule has 0 aliphatic carbocycles. The summed E-state index contributed by atoms with van der Waals surface area (Å²) in [6, 6.07) is 2.86. The Morgan fingerprint density at radius 2 is 1.94 bits per heavy atom. The van der Waals surface area contributed by atoms with Crippen LogP contribution in [0.5, 0.6) is 0 Å². The fourth-order valence-electron chi connectivity index (χ4n) is 1.05. The third-order valence-electron chi connectivity index (χ3n) is 1.79. The van der Waals surface area contributed by atoms with Gasteiger partial charge in [0.05, 0.1) is 12.3 Å². The zero-order valence-corrected chi connectivity index (χ0v) is 9.46. The number of carbonyl (C=O) groups is 1. The van der Waals surface area contributed by atoms with Crippen LogP contribution in [-0.2, 0) is 9.53 Å². The topological polar surface area (TPSA) is 50.7 Å². The summed E-state index contributed by atoms with van der Waals surface area (Å²) >= 11 is 0. The summed E-state index contributed by atoms with van der Waals surface area (Å²) in [5, 5.41) is 3.65. The molecule has 0 aliphatic rings. The molecule has 0 bridgehead atoms. The SMILES string of the molecule is CCOC(=O)/C(C)=N/Nc1cc(F)cc(F)c1. The third-order valence-corrected chi connectivity index (χ3v) is 1.79. The van der Waals surface area contributed by atoms with E-state index in [4.69, 9.17) is 0 Å². The number of hydrazone groups is 1. The van der Waals surface area contributed by atoms with E-state index in [1.807, 2.05) is 0 Å². The Labute approximate surface area is 97.3 Å². The van der Waals surface area contributed by atoms with Gasteiger partial charge in [0.1, 0.15) is 17.3 Å². The molecule has 0 atom stereocenters. The van der Waals surface area contributed by atoms with Gasteiger partial charge in [0.25, 0.3) is 0 Å². The molecule has 6 heteroatoms. The van der Waals surface area contributed by atoms with Crippen molar-refractivity contribution in [2.45, 2.75) is 13.8 Å². The Morgan fingerprint density at radius 1 is 1.35 bits per heavy atom. The maximum atomic E-state index is 12.8. The zero-order chi connectivity index (χ0) is 12.8. The number of anilines is 1. The van der Waals surface area contributed by atoms with Crippen molar-refractivity contribution in [3.05, 3.63) is 29.8 Å². The van der Waals surface area contributed by atoms with Gasteiger partial charge in [-0.15, -0.1) is 0 Å². The van der Waals surface area contributed by atoms with Gasteiger partial charge in [-0.3, -0.25) is 5.43 Å². The van der Waals surface area contributed by atoms with Crippen LogP contribution in [0.4, 0.5) is 14.5 Å². The number of carbonyl (C=O) groups excluding carboxylic acids is 1. The van der Waals surface area contributed by atoms with Gasteiger partial charge in [-0.1, -0.05) is 0 Å². The summed E-state index contributed by atoms with van der Waals surface area (Å²) in [6.07, 6.45) is 0. The van der Waals surface area contributed by atoms with E-state index in [9.17, 15) is 13.6 Å². The van der Waals surface area contributed by atoms with Crippen molar-refractivity contribution in [3.63, 3.8) is 0 Å². The summed E-state index contributed by atoms with van der Waals surface area (Å²) < 4.78 is 30.3. The smallest absolute Gasteiger partial charge is 0.354 e. The molecule has 0 unspecified atom stereocenters. The minimum absolute atomic E-state index is 0.0662. The lowest BCUT2D eigenvalue weighted by Crippen LogP contribution is -2.15. The zero-order valence-electron chi connectivity index (χ0n) is 9.46. The second-order valence-corrected chi connectivity index (χ2v) is 3.19. The summed E-state index contributed by atoms with van der Waals surface area (Å²) in [5.74, 6) is -2.04. The average Bonchev–Trinajstić information content (AvgIpc) is 2.25. The Bertz CT molecular complexity index is 427. The minimum atomic E-state index is -0.725. The monoisotopic (exact) mass is 242 g/mol. The molecule has 1 aromatic carbocycles. The summed E-state index contributed by atoms with van der Waals surface area (Å²) in [4.78, 5) is 11.2. The van der Waals surface area contributed by atoms with E-state index in [2.05, 4.69) is 15.3 Å². The molecule has 0 fully saturated rings. The van der Waals surface area contributed by atoms with E-state index in [0.29, 0.717) is 0 Å². The van der Waals surface area contributed by atoms with Gasteiger partial charge >= 0.3 is 5.97 Å². The summed E-state index contributed by atoms with van der Waals surface area (Å²) in [6.45, 7) is 3.33. The Morgan fingerprint density at radius 3 is 2.47 bits per heavy atom. The predicted octanol–water partition coefficient (Wildman–Crippen LogP) is 2.32. The summed E-state index contributed by atoms with van der Waals surface area (Å²) in [5.41, 5.74) is 2.56. The molecular formula is C11H12F2N2O2. The molecule has 4 nitrogen and oxygen atoms in total. The fourth-order valence-corrected chi connectivity index (χ4v) is 1.05. The van der Waals surface area contributed by atoms with E-state index in [1.54, 1.807) is 6.92 Å². The molecule has 0 saturated carbocycles. The first-order chi connectivity index (χ1) is 8.02. The highest BCUT2D eigenvalue weighted by atomic mass is 19.1. The van der Waals surface area contributed by atoms with Crippen LogP contribution in [-0.4, -0.2) is 18.3 Å². The number of hydrogen-bond donors (Lipinski definition) is 1. The maximum Gasteiger partial charge on any atom is 0.354 e. The van der Waals surface area contributed by atoms with Crippen LogP contribution in [0, 0.1) is 11.6 Å². The lowest BCUT2D eigenvalue weighted by molar-refractivity contribution is -0.135. The number of esters is 1. The highest BCUT2D eigenvalue weighted by Crippen LogP contribution is 2.12. The molecule has 0 spiro atoms. The number of ether oxygens (including phenoxy) is 1. The fraction of sp³-hybridized carbons (Fsp3) is 0.273. The van der Waals surface area contributed by atoms with Crippen molar-refractivity contribution in [2.75, 3.05) is 12.0 Å². The van der Waals surface area contributed by atoms with Crippen molar-refractivity contribution in [1.82, 2.24) is 0 Å². The molecule has 0 amide bonds. The lowest BCUT2D eigenvalue weighted by atomic mass is 10.3. The van der Waals surface area contributed by atoms with Crippen LogP contribution in [0.15, 0.2) is 23.3 Å². The second kappa shape index (κ2) is 5.93. The lowest BCUT2D eigenvalue weighted by Gasteiger charge is -2.03. The molecule has 0 aromatic heterocycles. The van der Waals surface area contributed by atoms with Gasteiger partial charge < -0.3 is 4.74 Å². The second-order valence-electron chi connectivity index (χ2n) is 3.19. The van der Waals surface area contributed by atoms with Gasteiger partial charge in [0.2, 0.25) is 0 Å². The van der Waals surface area contributed by atoms with E-state index in [-0.39, 0.29) is 18.0 Å². The molecule has 0 radical (unpaired) electrons. The first-order valence-corrected chi connectivity index (χ1v) is 4.96. The van der Waals surface area contributed by atoms with E-state index >= 15 is 0 Å². The molecule has 1 aromatic rings. The molecule has 17 heavy (non-hydrogen) atoms. The van der Waals surface area contributed by atoms with Crippen LogP contribution in [0.3, 0.4) is 0 Å². The Kier molecular flexibility index (Phi) is 4.56. The standard InChI is InChI=1S/C11H12F2N2O2/c1-3-17-11(16)7(2)14-15-10-5-8(12)4-9(13)6-10/h4-6,15H,3H2,1-2H3/b14-7+. The molecule has 0 aliphatic heterocycles. The normalized spacial score (nSPS) is 11.2. The van der Waals surface area contributed by atoms with Gasteiger partial charge in [0.15, 0.2) is 0 Å². The largest absolute Gasteiger partial charge is 0.461 e. The first kappa shape index (κ1) is 13.1. The molecule has 1 rings (SSSR count). The molecule has 92 valence electrons. The van der Waals surface area contributed by atoms with Crippen LogP contribution in [0.2, 0.25) is 0 Å². The van der Waals surface area contributed by atoms with E-state index in [0.717, 1.165) is 18.2 Å². The van der Waals surface area contributed by atoms with Gasteiger partial charge in [-0.25, -0.2) is 13.6 Å². The number of nitrogens with one attached hydrogen (secondary N) is 1. The molecule has 0 saturated heterocycles. The highest BCUT2D eigenvalue weighted by molar-refractivity contribution is 6.35. The molecule has 0 heterocycles. The van der Waals surface area contributed by atoms with Crippen LogP contribution in [0.1, 0.15) is 13.8 Å². The van der Waals surface area contributed by atoms with Crippen molar-refractivity contribution in [2.24, 2.45) is 5.10 Å². The number of halogens is 2. The first-order valence-electron chi connectivity index (χ1n) is 4.96. The van der Waals surface area contributed by atoms with Crippen LogP contribution < -0.4 is 5.43 Å². The van der Waals surface area contributed by atoms with Crippen molar-refractivity contribution in [1.29, 1.82) is 0 Å². The van der Waals surface area contributed by atoms with Gasteiger partial charge in [-0.05, 0) is 26.0 Å². The van der Waals surface area contributed by atoms with Crippen molar-refractivity contribution in [3.8, 4) is 0 Å². The average molecular weight is 242 g/mol. The summed E-state index contributed by atoms with van der Waals surface area (Å²) in [7, 11) is 0. The highest BCUT2D eigenvalue weighted by Gasteiger charge is 2.06. The van der Waals surface area contributed by atoms with Crippen molar-refractivity contribution >= 4 is 17.4 Å². The van der Waals surface area contributed by atoms with Gasteiger partial charge in [0, 0.05) is 6.07 Å². The maximum absolute atomic E-state index is 12.8. The number of rotatable bonds is 4. The number of nitrogens with zero attached hydrogens (tertiary/aromatic N) is 1.